The molecule has 2 bridgehead atoms. The molecule has 37 heavy (non-hydrogen) atoms. The summed E-state index contributed by atoms with van der Waals surface area (Å²) < 4.78 is 62.7. The Morgan fingerprint density at radius 2 is 2.08 bits per heavy atom. The largest absolute Gasteiger partial charge is 0.522 e. The van der Waals surface area contributed by atoms with Gasteiger partial charge in [0.15, 0.2) is 5.82 Å². The number of fused-ring (bicyclic) bond motifs is 1. The lowest BCUT2D eigenvalue weighted by Crippen LogP contribution is -2.68. The number of alkyl halides is 4. The molecular weight excluding hydrogens is 498 g/mol. The van der Waals surface area contributed by atoms with Gasteiger partial charge in [-0.05, 0) is 44.9 Å². The van der Waals surface area contributed by atoms with Crippen LogP contribution in [-0.2, 0) is 16.1 Å². The number of ether oxygens (including phenoxy) is 2. The molecule has 3 atom stereocenters. The van der Waals surface area contributed by atoms with Crippen LogP contribution in [0.15, 0.2) is 18.5 Å². The lowest BCUT2D eigenvalue weighted by Gasteiger charge is -2.61. The SMILES string of the molecule is Cc1cnc(Nc2cc([C@H]3C[C@@H](F)[C@@H](OC(=O)NC45CC(C4)C5)C3)[nH]n2)n2cc(COC(F)(F)F)nc12. The van der Waals surface area contributed by atoms with Crippen LogP contribution in [0.2, 0.25) is 0 Å². The molecule has 1 amide bonds. The number of aryl methyl sites for hydroxylation is 1. The zero-order valence-electron chi connectivity index (χ0n) is 19.8. The Balaban J connectivity index is 1.11. The van der Waals surface area contributed by atoms with Crippen molar-refractivity contribution < 1.29 is 31.8 Å². The molecule has 0 radical (unpaired) electrons. The number of amides is 1. The molecule has 3 N–H and O–H groups in total. The van der Waals surface area contributed by atoms with Crippen molar-refractivity contribution in [1.29, 1.82) is 0 Å². The highest BCUT2D eigenvalue weighted by Gasteiger charge is 2.58. The molecule has 198 valence electrons. The molecule has 7 rings (SSSR count). The van der Waals surface area contributed by atoms with Gasteiger partial charge in [0.2, 0.25) is 5.95 Å². The Morgan fingerprint density at radius 1 is 1.30 bits per heavy atom. The van der Waals surface area contributed by atoms with Gasteiger partial charge in [-0.15, -0.1) is 13.2 Å². The summed E-state index contributed by atoms with van der Waals surface area (Å²) in [6, 6.07) is 1.71. The van der Waals surface area contributed by atoms with E-state index in [1.807, 2.05) is 0 Å². The summed E-state index contributed by atoms with van der Waals surface area (Å²) in [5, 5.41) is 13.0. The van der Waals surface area contributed by atoms with Crippen molar-refractivity contribution >= 4 is 23.5 Å². The number of halogens is 4. The third kappa shape index (κ3) is 4.69. The number of hydrogen-bond donors (Lipinski definition) is 3. The maximum absolute atomic E-state index is 14.7. The smallest absolute Gasteiger partial charge is 0.443 e. The minimum Gasteiger partial charge on any atom is -0.443 e. The lowest BCUT2D eigenvalue weighted by molar-refractivity contribution is -0.330. The number of aromatic amines is 1. The second-order valence-corrected chi connectivity index (χ2v) is 10.3. The van der Waals surface area contributed by atoms with Gasteiger partial charge < -0.3 is 15.4 Å². The van der Waals surface area contributed by atoms with Crippen molar-refractivity contribution in [3.63, 3.8) is 0 Å². The number of nitrogens with zero attached hydrogens (tertiary/aromatic N) is 4. The first-order valence-corrected chi connectivity index (χ1v) is 12.1. The molecule has 10 nitrogen and oxygen atoms in total. The molecule has 3 aromatic rings. The molecule has 0 saturated heterocycles. The van der Waals surface area contributed by atoms with E-state index >= 15 is 0 Å². The zero-order valence-corrected chi connectivity index (χ0v) is 19.8. The highest BCUT2D eigenvalue weighted by molar-refractivity contribution is 5.69. The topological polar surface area (TPSA) is 118 Å². The van der Waals surface area contributed by atoms with Gasteiger partial charge in [0.1, 0.15) is 17.9 Å². The van der Waals surface area contributed by atoms with Gasteiger partial charge in [-0.1, -0.05) is 0 Å². The Labute approximate surface area is 208 Å². The maximum atomic E-state index is 14.7. The molecule has 4 fully saturated rings. The predicted octanol–water partition coefficient (Wildman–Crippen LogP) is 4.40. The molecule has 4 aliphatic carbocycles. The van der Waals surface area contributed by atoms with E-state index in [0.29, 0.717) is 35.1 Å². The molecular formula is C23H25F4N7O3. The first-order chi connectivity index (χ1) is 17.6. The van der Waals surface area contributed by atoms with E-state index in [9.17, 15) is 22.4 Å². The quantitative estimate of drug-likeness (QED) is 0.393. The fourth-order valence-electron chi connectivity index (χ4n) is 5.53. The van der Waals surface area contributed by atoms with E-state index in [1.54, 1.807) is 13.0 Å². The van der Waals surface area contributed by atoms with E-state index in [4.69, 9.17) is 4.74 Å². The minimum absolute atomic E-state index is 0.0863. The minimum atomic E-state index is -4.76. The summed E-state index contributed by atoms with van der Waals surface area (Å²) in [7, 11) is 0. The number of aromatic nitrogens is 5. The van der Waals surface area contributed by atoms with Crippen molar-refractivity contribution in [3.05, 3.63) is 35.4 Å². The van der Waals surface area contributed by atoms with E-state index in [1.165, 1.54) is 16.8 Å². The number of imidazole rings is 1. The summed E-state index contributed by atoms with van der Waals surface area (Å²) in [6.07, 6.45) is -1.07. The van der Waals surface area contributed by atoms with Crippen molar-refractivity contribution in [1.82, 2.24) is 29.9 Å². The first kappa shape index (κ1) is 23.9. The molecule has 0 aliphatic heterocycles. The maximum Gasteiger partial charge on any atom is 0.522 e. The van der Waals surface area contributed by atoms with Crippen LogP contribution in [0.25, 0.3) is 5.65 Å². The first-order valence-electron chi connectivity index (χ1n) is 12.1. The van der Waals surface area contributed by atoms with Crippen LogP contribution in [0.4, 0.5) is 34.1 Å². The van der Waals surface area contributed by atoms with Gasteiger partial charge in [0, 0.05) is 41.2 Å². The number of H-pyrrole nitrogens is 1. The Morgan fingerprint density at radius 3 is 2.78 bits per heavy atom. The monoisotopic (exact) mass is 523 g/mol. The van der Waals surface area contributed by atoms with Gasteiger partial charge in [-0.3, -0.25) is 14.2 Å². The number of carbonyl (C=O) groups is 1. The van der Waals surface area contributed by atoms with Crippen LogP contribution < -0.4 is 10.6 Å². The van der Waals surface area contributed by atoms with E-state index in [-0.39, 0.29) is 29.5 Å². The number of alkyl carbamates (subject to hydrolysis) is 1. The van der Waals surface area contributed by atoms with Crippen LogP contribution in [-0.4, -0.2) is 54.8 Å². The number of anilines is 2. The summed E-state index contributed by atoms with van der Waals surface area (Å²) in [5.41, 5.74) is 1.71. The second-order valence-electron chi connectivity index (χ2n) is 10.3. The summed E-state index contributed by atoms with van der Waals surface area (Å²) in [4.78, 5) is 20.7. The third-order valence-corrected chi connectivity index (χ3v) is 7.47. The van der Waals surface area contributed by atoms with Gasteiger partial charge in [0.25, 0.3) is 0 Å². The number of hydrogen-bond acceptors (Lipinski definition) is 7. The molecule has 3 aromatic heterocycles. The Kier molecular flexibility index (Phi) is 5.55. The van der Waals surface area contributed by atoms with Crippen LogP contribution >= 0.6 is 0 Å². The number of carbonyl (C=O) groups excluding carboxylic acids is 1. The third-order valence-electron chi connectivity index (χ3n) is 7.47. The molecule has 0 unspecified atom stereocenters. The fourth-order valence-corrected chi connectivity index (χ4v) is 5.53. The lowest BCUT2D eigenvalue weighted by atomic mass is 9.50. The molecule has 4 saturated carbocycles. The second kappa shape index (κ2) is 8.57. The van der Waals surface area contributed by atoms with Gasteiger partial charge in [-0.25, -0.2) is 19.2 Å². The standard InChI is InChI=1S/C23H25F4N7O3/c1-11-8-28-20(34-9-14(29-19(11)34)10-36-23(25,26)27)30-18-4-16(32-33-18)13-2-15(24)17(3-13)37-21(35)31-22-5-12(6-22)7-22/h4,8-9,12-13,15,17H,2-3,5-7,10H2,1H3,(H,31,35)(H2,28,30,32,33)/t12?,13-,15+,17-,22?/m0/s1. The van der Waals surface area contributed by atoms with Crippen LogP contribution in [0.5, 0.6) is 0 Å². The van der Waals surface area contributed by atoms with Gasteiger partial charge in [0.05, 0.1) is 12.3 Å². The van der Waals surface area contributed by atoms with Crippen molar-refractivity contribution in [2.75, 3.05) is 5.32 Å². The van der Waals surface area contributed by atoms with Crippen molar-refractivity contribution in [2.24, 2.45) is 5.92 Å². The molecule has 0 aromatic carbocycles. The molecule has 3 heterocycles. The summed E-state index contributed by atoms with van der Waals surface area (Å²) in [6.45, 7) is 1.01. The Bertz CT molecular complexity index is 1320. The van der Waals surface area contributed by atoms with Crippen molar-refractivity contribution in [2.45, 2.75) is 75.7 Å². The van der Waals surface area contributed by atoms with Crippen molar-refractivity contribution in [3.8, 4) is 0 Å². The zero-order chi connectivity index (χ0) is 25.9. The van der Waals surface area contributed by atoms with Gasteiger partial charge >= 0.3 is 12.5 Å². The predicted molar refractivity (Wildman–Crippen MR) is 121 cm³/mol. The summed E-state index contributed by atoms with van der Waals surface area (Å²) in [5.74, 6) is 1.15. The van der Waals surface area contributed by atoms with Gasteiger partial charge in [-0.2, -0.15) is 5.10 Å². The van der Waals surface area contributed by atoms with E-state index < -0.39 is 31.3 Å². The van der Waals surface area contributed by atoms with Crippen LogP contribution in [0, 0.1) is 12.8 Å². The number of rotatable bonds is 7. The van der Waals surface area contributed by atoms with E-state index in [0.717, 1.165) is 19.3 Å². The average molecular weight is 523 g/mol. The fraction of sp³-hybridized carbons (Fsp3) is 0.565. The van der Waals surface area contributed by atoms with Crippen LogP contribution in [0.1, 0.15) is 55.0 Å². The normalized spacial score (nSPS) is 28.6. The average Bonchev–Trinajstić information content (AvgIpc) is 3.49. The van der Waals surface area contributed by atoms with Crippen LogP contribution in [0.3, 0.4) is 0 Å². The Hall–Kier alpha value is -3.42. The summed E-state index contributed by atoms with van der Waals surface area (Å²) >= 11 is 0. The highest BCUT2D eigenvalue weighted by atomic mass is 19.4. The molecule has 0 spiro atoms. The molecule has 4 aliphatic rings. The number of nitrogens with one attached hydrogen (secondary N) is 3. The highest BCUT2D eigenvalue weighted by Crippen LogP contribution is 2.57. The van der Waals surface area contributed by atoms with E-state index in [2.05, 4.69) is 35.5 Å². The molecule has 14 heteroatoms.